The van der Waals surface area contributed by atoms with Gasteiger partial charge in [-0.1, -0.05) is 32.0 Å². The Morgan fingerprint density at radius 2 is 1.89 bits per heavy atom. The molecule has 0 fully saturated rings. The van der Waals surface area contributed by atoms with Gasteiger partial charge in [0.1, 0.15) is 0 Å². The number of benzene rings is 1. The van der Waals surface area contributed by atoms with E-state index in [2.05, 4.69) is 0 Å². The van der Waals surface area contributed by atoms with Crippen LogP contribution >= 0.6 is 11.8 Å². The van der Waals surface area contributed by atoms with Gasteiger partial charge in [-0.25, -0.2) is 0 Å². The van der Waals surface area contributed by atoms with E-state index in [4.69, 9.17) is 5.11 Å². The summed E-state index contributed by atoms with van der Waals surface area (Å²) in [7, 11) is 0. The Labute approximate surface area is 117 Å². The van der Waals surface area contributed by atoms with Crippen molar-refractivity contribution in [1.82, 2.24) is 0 Å². The van der Waals surface area contributed by atoms with Crippen molar-refractivity contribution >= 4 is 29.3 Å². The van der Waals surface area contributed by atoms with Crippen LogP contribution in [0.4, 0.5) is 5.69 Å². The minimum Gasteiger partial charge on any atom is -0.481 e. The monoisotopic (exact) mass is 281 g/mol. The van der Waals surface area contributed by atoms with Gasteiger partial charge in [-0.05, 0) is 17.4 Å². The first-order valence-corrected chi connectivity index (χ1v) is 7.24. The van der Waals surface area contributed by atoms with Gasteiger partial charge in [0, 0.05) is 12.2 Å². The van der Waals surface area contributed by atoms with Crippen LogP contribution < -0.4 is 4.90 Å². The quantitative estimate of drug-likeness (QED) is 0.834. The molecule has 0 unspecified atom stereocenters. The number of nitrogens with zero attached hydrogens (tertiary/aromatic N) is 1. The molecule has 0 aromatic heterocycles. The highest BCUT2D eigenvalue weighted by Crippen LogP contribution is 2.17. The van der Waals surface area contributed by atoms with E-state index in [1.165, 1.54) is 0 Å². The lowest BCUT2D eigenvalue weighted by Gasteiger charge is -2.22. The first kappa shape index (κ1) is 15.6. The Bertz CT molecular complexity index is 420. The molecule has 0 aliphatic heterocycles. The lowest BCUT2D eigenvalue weighted by atomic mass is 10.2. The van der Waals surface area contributed by atoms with E-state index in [9.17, 15) is 9.59 Å². The van der Waals surface area contributed by atoms with Crippen molar-refractivity contribution in [3.63, 3.8) is 0 Å². The predicted molar refractivity (Wildman–Crippen MR) is 78.6 cm³/mol. The predicted octanol–water partition coefficient (Wildman–Crippen LogP) is 2.64. The second-order valence-corrected chi connectivity index (χ2v) is 5.95. The van der Waals surface area contributed by atoms with Gasteiger partial charge in [0.25, 0.3) is 0 Å². The van der Waals surface area contributed by atoms with Crippen molar-refractivity contribution in [3.05, 3.63) is 30.3 Å². The molecule has 0 radical (unpaired) electrons. The first-order valence-electron chi connectivity index (χ1n) is 6.19. The Morgan fingerprint density at radius 3 is 2.42 bits per heavy atom. The molecule has 0 saturated carbocycles. The number of amides is 1. The van der Waals surface area contributed by atoms with Crippen LogP contribution in [0.2, 0.25) is 0 Å². The third-order valence-electron chi connectivity index (χ3n) is 2.46. The van der Waals surface area contributed by atoms with E-state index in [0.717, 1.165) is 5.69 Å². The summed E-state index contributed by atoms with van der Waals surface area (Å²) in [4.78, 5) is 24.4. The van der Waals surface area contributed by atoms with Gasteiger partial charge in [-0.2, -0.15) is 0 Å². The maximum absolute atomic E-state index is 12.2. The summed E-state index contributed by atoms with van der Waals surface area (Å²) in [6, 6.07) is 9.18. The molecule has 5 heteroatoms. The fourth-order valence-electron chi connectivity index (χ4n) is 1.53. The van der Waals surface area contributed by atoms with Crippen LogP contribution in [0, 0.1) is 0 Å². The fraction of sp³-hybridized carbons (Fsp3) is 0.429. The molecule has 0 aliphatic carbocycles. The van der Waals surface area contributed by atoms with Crippen LogP contribution in [0.3, 0.4) is 0 Å². The Hall–Kier alpha value is -1.49. The molecule has 0 spiro atoms. The van der Waals surface area contributed by atoms with Gasteiger partial charge in [0.05, 0.1) is 12.2 Å². The highest BCUT2D eigenvalue weighted by molar-refractivity contribution is 8.00. The van der Waals surface area contributed by atoms with E-state index in [1.807, 2.05) is 44.2 Å². The average Bonchev–Trinajstić information content (AvgIpc) is 2.37. The summed E-state index contributed by atoms with van der Waals surface area (Å²) in [5, 5.41) is 9.14. The molecule has 1 aromatic carbocycles. The normalized spacial score (nSPS) is 10.5. The summed E-state index contributed by atoms with van der Waals surface area (Å²) < 4.78 is 0. The Morgan fingerprint density at radius 1 is 1.26 bits per heavy atom. The number of carboxylic acid groups (broad SMARTS) is 1. The number of carbonyl (C=O) groups is 2. The zero-order valence-corrected chi connectivity index (χ0v) is 12.0. The smallest absolute Gasteiger partial charge is 0.305 e. The van der Waals surface area contributed by atoms with Gasteiger partial charge in [0.15, 0.2) is 0 Å². The van der Waals surface area contributed by atoms with Crippen molar-refractivity contribution in [1.29, 1.82) is 0 Å². The van der Waals surface area contributed by atoms with Gasteiger partial charge in [0.2, 0.25) is 5.91 Å². The number of thioether (sulfide) groups is 1. The minimum atomic E-state index is -0.898. The maximum Gasteiger partial charge on any atom is 0.305 e. The number of aliphatic carboxylic acids is 1. The van der Waals surface area contributed by atoms with E-state index >= 15 is 0 Å². The molecule has 0 saturated heterocycles. The maximum atomic E-state index is 12.2. The fourth-order valence-corrected chi connectivity index (χ4v) is 2.16. The molecule has 1 N–H and O–H groups in total. The number of hydrogen-bond donors (Lipinski definition) is 1. The third-order valence-corrected chi connectivity index (χ3v) is 3.54. The zero-order valence-electron chi connectivity index (χ0n) is 11.2. The van der Waals surface area contributed by atoms with Crippen molar-refractivity contribution in [2.75, 3.05) is 17.2 Å². The van der Waals surface area contributed by atoms with Crippen LogP contribution in [0.1, 0.15) is 20.3 Å². The Balaban J connectivity index is 2.74. The summed E-state index contributed by atoms with van der Waals surface area (Å²) in [6.07, 6.45) is -0.0486. The largest absolute Gasteiger partial charge is 0.481 e. The molecule has 1 rings (SSSR count). The van der Waals surface area contributed by atoms with Gasteiger partial charge in [-0.15, -0.1) is 11.8 Å². The van der Waals surface area contributed by atoms with Crippen molar-refractivity contribution in [2.45, 2.75) is 25.5 Å². The van der Waals surface area contributed by atoms with Gasteiger partial charge in [-0.3, -0.25) is 9.59 Å². The molecule has 0 bridgehead atoms. The molecule has 0 aliphatic rings. The van der Waals surface area contributed by atoms with Gasteiger partial charge >= 0.3 is 5.97 Å². The van der Waals surface area contributed by atoms with Gasteiger partial charge < -0.3 is 10.0 Å². The Kier molecular flexibility index (Phi) is 6.42. The molecule has 19 heavy (non-hydrogen) atoms. The van der Waals surface area contributed by atoms with Crippen LogP contribution in [0.15, 0.2) is 30.3 Å². The molecular weight excluding hydrogens is 262 g/mol. The number of carboxylic acids is 1. The average molecular weight is 281 g/mol. The lowest BCUT2D eigenvalue weighted by Crippen LogP contribution is -2.34. The summed E-state index contributed by atoms with van der Waals surface area (Å²) in [6.45, 7) is 4.26. The summed E-state index contributed by atoms with van der Waals surface area (Å²) in [5.74, 6) is -0.581. The topological polar surface area (TPSA) is 57.6 Å². The number of anilines is 1. The van der Waals surface area contributed by atoms with Crippen LogP contribution in [0.5, 0.6) is 0 Å². The number of rotatable bonds is 7. The number of hydrogen-bond acceptors (Lipinski definition) is 3. The molecule has 1 aromatic rings. The van der Waals surface area contributed by atoms with E-state index < -0.39 is 5.97 Å². The minimum absolute atomic E-state index is 0.0486. The van der Waals surface area contributed by atoms with Crippen LogP contribution in [0.25, 0.3) is 0 Å². The van der Waals surface area contributed by atoms with Crippen molar-refractivity contribution in [2.24, 2.45) is 0 Å². The SMILES string of the molecule is CC(C)SCC(=O)N(CCC(=O)O)c1ccccc1. The highest BCUT2D eigenvalue weighted by Gasteiger charge is 2.17. The molecular formula is C14H19NO3S. The number of carbonyl (C=O) groups excluding carboxylic acids is 1. The molecule has 1 amide bonds. The second-order valence-electron chi connectivity index (χ2n) is 4.38. The third kappa shape index (κ3) is 5.79. The van der Waals surface area contributed by atoms with E-state index in [-0.39, 0.29) is 18.9 Å². The molecule has 0 heterocycles. The highest BCUT2D eigenvalue weighted by atomic mass is 32.2. The van der Waals surface area contributed by atoms with E-state index in [0.29, 0.717) is 11.0 Å². The van der Waals surface area contributed by atoms with Crippen molar-refractivity contribution in [3.8, 4) is 0 Å². The molecule has 0 atom stereocenters. The standard InChI is InChI=1S/C14H19NO3S/c1-11(2)19-10-13(16)15(9-8-14(17)18)12-6-4-3-5-7-12/h3-7,11H,8-10H2,1-2H3,(H,17,18). The lowest BCUT2D eigenvalue weighted by molar-refractivity contribution is -0.136. The molecule has 104 valence electrons. The summed E-state index contributed by atoms with van der Waals surface area (Å²) >= 11 is 1.56. The van der Waals surface area contributed by atoms with Crippen LogP contribution in [-0.4, -0.2) is 34.5 Å². The number of para-hydroxylation sites is 1. The summed E-state index contributed by atoms with van der Waals surface area (Å²) in [5.41, 5.74) is 0.748. The van der Waals surface area contributed by atoms with Crippen LogP contribution in [-0.2, 0) is 9.59 Å². The molecule has 4 nitrogen and oxygen atoms in total. The second kappa shape index (κ2) is 7.84. The van der Waals surface area contributed by atoms with E-state index in [1.54, 1.807) is 16.7 Å². The van der Waals surface area contributed by atoms with Crippen molar-refractivity contribution < 1.29 is 14.7 Å². The zero-order chi connectivity index (χ0) is 14.3. The first-order chi connectivity index (χ1) is 9.00.